The summed E-state index contributed by atoms with van der Waals surface area (Å²) in [6.45, 7) is 3.38. The lowest BCUT2D eigenvalue weighted by Crippen LogP contribution is -2.39. The maximum Gasteiger partial charge on any atom is 0.269 e. The highest BCUT2D eigenvalue weighted by molar-refractivity contribution is 14.0. The average Bonchev–Trinajstić information content (AvgIpc) is 2.63. The van der Waals surface area contributed by atoms with Gasteiger partial charge < -0.3 is 10.6 Å². The molecule has 140 valence electrons. The van der Waals surface area contributed by atoms with Crippen LogP contribution < -0.4 is 10.6 Å². The number of halogens is 1. The maximum absolute atomic E-state index is 10.8. The minimum Gasteiger partial charge on any atom is -0.355 e. The molecule has 0 amide bonds. The van der Waals surface area contributed by atoms with Crippen LogP contribution in [0.1, 0.15) is 12.5 Å². The van der Waals surface area contributed by atoms with Crippen molar-refractivity contribution in [1.29, 1.82) is 0 Å². The van der Waals surface area contributed by atoms with Crippen molar-refractivity contribution in [2.24, 2.45) is 4.99 Å². The Balaban J connectivity index is 0.00000338. The highest BCUT2D eigenvalue weighted by Gasteiger charge is 2.08. The zero-order valence-corrected chi connectivity index (χ0v) is 17.9. The van der Waals surface area contributed by atoms with Crippen LogP contribution in [-0.4, -0.2) is 29.7 Å². The largest absolute Gasteiger partial charge is 0.355 e. The lowest BCUT2D eigenvalue weighted by Gasteiger charge is -2.16. The first kappa shape index (κ1) is 22.2. The molecule has 8 heteroatoms. The van der Waals surface area contributed by atoms with E-state index in [9.17, 15) is 10.1 Å². The number of nitro groups is 1. The molecule has 0 fully saturated rings. The van der Waals surface area contributed by atoms with E-state index in [0.717, 1.165) is 12.1 Å². The molecule has 0 spiro atoms. The Morgan fingerprint density at radius 2 is 1.92 bits per heavy atom. The van der Waals surface area contributed by atoms with Gasteiger partial charge in [0.2, 0.25) is 0 Å². The Morgan fingerprint density at radius 3 is 2.58 bits per heavy atom. The topological polar surface area (TPSA) is 79.6 Å². The second-order valence-corrected chi connectivity index (χ2v) is 6.99. The number of nitrogens with one attached hydrogen (secondary N) is 2. The van der Waals surface area contributed by atoms with E-state index in [2.05, 4.69) is 34.7 Å². The summed E-state index contributed by atoms with van der Waals surface area (Å²) in [5.41, 5.74) is 0.930. The van der Waals surface area contributed by atoms with Gasteiger partial charge >= 0.3 is 0 Å². The number of aliphatic imine (C=N–C) groups is 1. The van der Waals surface area contributed by atoms with Gasteiger partial charge in [-0.05, 0) is 17.7 Å². The molecule has 0 heterocycles. The third-order valence-electron chi connectivity index (χ3n) is 3.44. The minimum absolute atomic E-state index is 0. The fraction of sp³-hybridized carbons (Fsp3) is 0.278. The monoisotopic (exact) mass is 486 g/mol. The number of thioether (sulfide) groups is 1. The average molecular weight is 486 g/mol. The summed E-state index contributed by atoms with van der Waals surface area (Å²) < 4.78 is 0. The highest BCUT2D eigenvalue weighted by atomic mass is 127. The summed E-state index contributed by atoms with van der Waals surface area (Å²) in [7, 11) is 1.71. The molecule has 26 heavy (non-hydrogen) atoms. The molecule has 2 aromatic carbocycles. The van der Waals surface area contributed by atoms with Crippen LogP contribution in [0.15, 0.2) is 64.5 Å². The third-order valence-corrected chi connectivity index (χ3v) is 4.56. The standard InChI is InChI=1S/C18H22N4O2S.HI/c1-14(25-17-9-4-3-5-10-17)12-20-18(19-2)21-13-15-7-6-8-16(11-15)22(23)24;/h3-11,14H,12-13H2,1-2H3,(H2,19,20,21);1H. The van der Waals surface area contributed by atoms with Gasteiger partial charge in [0.1, 0.15) is 0 Å². The molecule has 6 nitrogen and oxygen atoms in total. The van der Waals surface area contributed by atoms with Gasteiger partial charge in [-0.3, -0.25) is 15.1 Å². The van der Waals surface area contributed by atoms with Crippen LogP contribution in [-0.2, 0) is 6.54 Å². The SMILES string of the molecule is CN=C(NCc1cccc([N+](=O)[O-])c1)NCC(C)Sc1ccccc1.I. The molecule has 0 saturated carbocycles. The highest BCUT2D eigenvalue weighted by Crippen LogP contribution is 2.21. The van der Waals surface area contributed by atoms with Crippen molar-refractivity contribution in [3.63, 3.8) is 0 Å². The van der Waals surface area contributed by atoms with Crippen LogP contribution in [0.2, 0.25) is 0 Å². The lowest BCUT2D eigenvalue weighted by atomic mass is 10.2. The van der Waals surface area contributed by atoms with E-state index in [1.807, 2.05) is 24.3 Å². The summed E-state index contributed by atoms with van der Waals surface area (Å²) >= 11 is 1.80. The first-order valence-corrected chi connectivity index (χ1v) is 8.86. The van der Waals surface area contributed by atoms with E-state index < -0.39 is 0 Å². The van der Waals surface area contributed by atoms with Crippen molar-refractivity contribution < 1.29 is 4.92 Å². The Labute approximate surface area is 175 Å². The molecular formula is C18H23IN4O2S. The van der Waals surface area contributed by atoms with Crippen LogP contribution in [0, 0.1) is 10.1 Å². The molecule has 1 unspecified atom stereocenters. The van der Waals surface area contributed by atoms with Gasteiger partial charge in [-0.25, -0.2) is 0 Å². The number of nitrogens with zero attached hydrogens (tertiary/aromatic N) is 2. The molecule has 0 bridgehead atoms. The van der Waals surface area contributed by atoms with Crippen molar-refractivity contribution >= 4 is 47.4 Å². The van der Waals surface area contributed by atoms with Crippen molar-refractivity contribution in [2.45, 2.75) is 23.6 Å². The van der Waals surface area contributed by atoms with E-state index in [4.69, 9.17) is 0 Å². The maximum atomic E-state index is 10.8. The van der Waals surface area contributed by atoms with E-state index in [0.29, 0.717) is 17.8 Å². The Kier molecular flexibility index (Phi) is 10.0. The number of guanidine groups is 1. The second-order valence-electron chi connectivity index (χ2n) is 5.48. The zero-order valence-electron chi connectivity index (χ0n) is 14.7. The van der Waals surface area contributed by atoms with E-state index >= 15 is 0 Å². The molecule has 1 atom stereocenters. The summed E-state index contributed by atoms with van der Waals surface area (Å²) in [6.07, 6.45) is 0. The van der Waals surface area contributed by atoms with Gasteiger partial charge in [0.25, 0.3) is 5.69 Å². The predicted octanol–water partition coefficient (Wildman–Crippen LogP) is 4.06. The number of hydrogen-bond donors (Lipinski definition) is 2. The molecule has 0 aliphatic heterocycles. The summed E-state index contributed by atoms with van der Waals surface area (Å²) in [6, 6.07) is 16.8. The van der Waals surface area contributed by atoms with Crippen LogP contribution in [0.3, 0.4) is 0 Å². The Hall–Kier alpha value is -1.81. The molecule has 0 aliphatic rings. The molecule has 2 N–H and O–H groups in total. The van der Waals surface area contributed by atoms with E-state index in [-0.39, 0.29) is 34.6 Å². The third kappa shape index (κ3) is 7.61. The molecule has 0 aliphatic carbocycles. The zero-order chi connectivity index (χ0) is 18.1. The predicted molar refractivity (Wildman–Crippen MR) is 118 cm³/mol. The number of nitro benzene ring substituents is 1. The fourth-order valence-electron chi connectivity index (χ4n) is 2.20. The number of hydrogen-bond acceptors (Lipinski definition) is 4. The van der Waals surface area contributed by atoms with Gasteiger partial charge in [0.15, 0.2) is 5.96 Å². The van der Waals surface area contributed by atoms with Crippen LogP contribution in [0.5, 0.6) is 0 Å². The second kappa shape index (κ2) is 11.7. The molecule has 0 radical (unpaired) electrons. The molecule has 2 aromatic rings. The van der Waals surface area contributed by atoms with Crippen LogP contribution in [0.4, 0.5) is 5.69 Å². The Morgan fingerprint density at radius 1 is 1.19 bits per heavy atom. The lowest BCUT2D eigenvalue weighted by molar-refractivity contribution is -0.384. The normalized spacial score (nSPS) is 12.0. The van der Waals surface area contributed by atoms with E-state index in [1.165, 1.54) is 11.0 Å². The minimum atomic E-state index is -0.390. The number of benzene rings is 2. The van der Waals surface area contributed by atoms with Gasteiger partial charge in [-0.2, -0.15) is 0 Å². The molecule has 2 rings (SSSR count). The quantitative estimate of drug-likeness (QED) is 0.154. The Bertz CT molecular complexity index is 728. The molecule has 0 saturated heterocycles. The van der Waals surface area contributed by atoms with Gasteiger partial charge in [-0.15, -0.1) is 35.7 Å². The van der Waals surface area contributed by atoms with Crippen molar-refractivity contribution in [1.82, 2.24) is 10.6 Å². The molecule has 0 aromatic heterocycles. The van der Waals surface area contributed by atoms with Crippen molar-refractivity contribution in [2.75, 3.05) is 13.6 Å². The van der Waals surface area contributed by atoms with Crippen LogP contribution in [0.25, 0.3) is 0 Å². The molecular weight excluding hydrogens is 463 g/mol. The number of rotatable bonds is 7. The first-order valence-electron chi connectivity index (χ1n) is 7.98. The van der Waals surface area contributed by atoms with E-state index in [1.54, 1.807) is 30.9 Å². The van der Waals surface area contributed by atoms with Crippen molar-refractivity contribution in [3.8, 4) is 0 Å². The first-order chi connectivity index (χ1) is 12.1. The fourth-order valence-corrected chi connectivity index (χ4v) is 3.15. The van der Waals surface area contributed by atoms with Gasteiger partial charge in [0.05, 0.1) is 4.92 Å². The smallest absolute Gasteiger partial charge is 0.269 e. The summed E-state index contributed by atoms with van der Waals surface area (Å²) in [5.74, 6) is 0.673. The van der Waals surface area contributed by atoms with Gasteiger partial charge in [0, 0.05) is 42.4 Å². The number of non-ortho nitro benzene ring substituents is 1. The summed E-state index contributed by atoms with van der Waals surface area (Å²) in [5, 5.41) is 17.7. The van der Waals surface area contributed by atoms with Gasteiger partial charge in [-0.1, -0.05) is 37.3 Å². The van der Waals surface area contributed by atoms with Crippen molar-refractivity contribution in [3.05, 3.63) is 70.3 Å². The van der Waals surface area contributed by atoms with Crippen LogP contribution >= 0.6 is 35.7 Å². The summed E-state index contributed by atoms with van der Waals surface area (Å²) in [4.78, 5) is 15.9.